The third-order valence-corrected chi connectivity index (χ3v) is 2.14. The average Bonchev–Trinajstić information content (AvgIpc) is 2.05. The number of halogens is 2. The lowest BCUT2D eigenvalue weighted by Gasteiger charge is -2.01. The third-order valence-electron chi connectivity index (χ3n) is 1.64. The van der Waals surface area contributed by atoms with Gasteiger partial charge in [0.25, 0.3) is 0 Å². The molecule has 1 rings (SSSR count). The van der Waals surface area contributed by atoms with E-state index >= 15 is 0 Å². The molecule has 2 heteroatoms. The Bertz CT molecular complexity index is 214. The number of hydrogen-bond donors (Lipinski definition) is 0. The molecule has 0 aliphatic rings. The maximum Gasteiger partial charge on any atom is 0.132 e. The van der Waals surface area contributed by atoms with Crippen LogP contribution < -0.4 is 0 Å². The Labute approximate surface area is 77.1 Å². The fraction of sp³-hybridized carbons (Fsp3) is 0.333. The third kappa shape index (κ3) is 2.39. The maximum atomic E-state index is 5.66. The van der Waals surface area contributed by atoms with Crippen LogP contribution in [0.25, 0.3) is 0 Å². The molecule has 11 heavy (non-hydrogen) atoms. The van der Waals surface area contributed by atoms with Crippen molar-refractivity contribution in [3.05, 3.63) is 35.4 Å². The summed E-state index contributed by atoms with van der Waals surface area (Å²) in [4.78, 5) is -0.402. The molecule has 0 nitrogen and oxygen atoms in total. The first-order valence-corrected chi connectivity index (χ1v) is 4.48. The van der Waals surface area contributed by atoms with Gasteiger partial charge in [0.15, 0.2) is 0 Å². The second kappa shape index (κ2) is 3.99. The summed E-state index contributed by atoms with van der Waals surface area (Å²) in [5.41, 5.74) is 2.27. The van der Waals surface area contributed by atoms with E-state index in [0.29, 0.717) is 0 Å². The van der Waals surface area contributed by atoms with Gasteiger partial charge in [-0.05, 0) is 17.5 Å². The van der Waals surface area contributed by atoms with Gasteiger partial charge in [-0.3, -0.25) is 0 Å². The summed E-state index contributed by atoms with van der Waals surface area (Å²) < 4.78 is 0. The van der Waals surface area contributed by atoms with Crippen LogP contribution in [-0.4, -0.2) is 0 Å². The average molecular weight is 189 g/mol. The largest absolute Gasteiger partial charge is 0.132 e. The van der Waals surface area contributed by atoms with Gasteiger partial charge in [-0.2, -0.15) is 0 Å². The first kappa shape index (κ1) is 8.89. The van der Waals surface area contributed by atoms with Gasteiger partial charge in [0.05, 0.1) is 0 Å². The molecular weight excluding hydrogens is 179 g/mol. The molecule has 1 aromatic carbocycles. The highest BCUT2D eigenvalue weighted by Gasteiger charge is 2.00. The molecule has 0 unspecified atom stereocenters. The minimum absolute atomic E-state index is 0.402. The van der Waals surface area contributed by atoms with Gasteiger partial charge in [0.2, 0.25) is 0 Å². The highest BCUT2D eigenvalue weighted by molar-refractivity contribution is 6.44. The molecule has 0 N–H and O–H groups in total. The fourth-order valence-corrected chi connectivity index (χ4v) is 1.19. The van der Waals surface area contributed by atoms with E-state index in [1.807, 2.05) is 24.3 Å². The van der Waals surface area contributed by atoms with Crippen molar-refractivity contribution in [1.29, 1.82) is 0 Å². The van der Waals surface area contributed by atoms with Gasteiger partial charge in [-0.25, -0.2) is 0 Å². The number of alkyl halides is 2. The Kier molecular flexibility index (Phi) is 3.22. The van der Waals surface area contributed by atoms with Crippen molar-refractivity contribution >= 4 is 23.2 Å². The Morgan fingerprint density at radius 2 is 1.73 bits per heavy atom. The predicted octanol–water partition coefficient (Wildman–Crippen LogP) is 3.73. The molecule has 0 bridgehead atoms. The van der Waals surface area contributed by atoms with Crippen LogP contribution in [0, 0.1) is 0 Å². The van der Waals surface area contributed by atoms with Crippen LogP contribution in [0.5, 0.6) is 0 Å². The first-order chi connectivity index (χ1) is 5.24. The molecule has 0 aromatic heterocycles. The second-order valence-corrected chi connectivity index (χ2v) is 3.49. The zero-order valence-corrected chi connectivity index (χ0v) is 7.86. The summed E-state index contributed by atoms with van der Waals surface area (Å²) in [5.74, 6) is 0. The second-order valence-electron chi connectivity index (χ2n) is 2.40. The Hall–Kier alpha value is -0.200. The van der Waals surface area contributed by atoms with Crippen molar-refractivity contribution in [2.24, 2.45) is 0 Å². The standard InChI is InChI=1S/C9H10Cl2/c1-2-7-3-5-8(6-4-7)9(10)11/h3-6,9H,2H2,1H3. The van der Waals surface area contributed by atoms with E-state index < -0.39 is 4.84 Å². The van der Waals surface area contributed by atoms with E-state index in [2.05, 4.69) is 6.92 Å². The van der Waals surface area contributed by atoms with Crippen LogP contribution >= 0.6 is 23.2 Å². The summed E-state index contributed by atoms with van der Waals surface area (Å²) in [6, 6.07) is 8.02. The lowest BCUT2D eigenvalue weighted by Crippen LogP contribution is -1.83. The summed E-state index contributed by atoms with van der Waals surface area (Å²) in [6.07, 6.45) is 1.05. The van der Waals surface area contributed by atoms with Crippen LogP contribution in [0.2, 0.25) is 0 Å². The molecule has 0 radical (unpaired) electrons. The van der Waals surface area contributed by atoms with Gasteiger partial charge in [0.1, 0.15) is 4.84 Å². The predicted molar refractivity (Wildman–Crippen MR) is 50.3 cm³/mol. The lowest BCUT2D eigenvalue weighted by atomic mass is 10.1. The number of aryl methyl sites for hydroxylation is 1. The van der Waals surface area contributed by atoms with Crippen molar-refractivity contribution < 1.29 is 0 Å². The topological polar surface area (TPSA) is 0 Å². The summed E-state index contributed by atoms with van der Waals surface area (Å²) in [7, 11) is 0. The van der Waals surface area contributed by atoms with Gasteiger partial charge in [0, 0.05) is 0 Å². The molecule has 0 aliphatic carbocycles. The molecule has 0 saturated heterocycles. The minimum atomic E-state index is -0.402. The van der Waals surface area contributed by atoms with E-state index in [0.717, 1.165) is 12.0 Å². The van der Waals surface area contributed by atoms with Crippen molar-refractivity contribution in [2.75, 3.05) is 0 Å². The quantitative estimate of drug-likeness (QED) is 0.622. The SMILES string of the molecule is CCc1ccc(C(Cl)Cl)cc1. The fourth-order valence-electron chi connectivity index (χ4n) is 0.899. The normalized spacial score (nSPS) is 10.5. The van der Waals surface area contributed by atoms with Crippen LogP contribution in [-0.2, 0) is 6.42 Å². The Morgan fingerprint density at radius 1 is 1.18 bits per heavy atom. The highest BCUT2D eigenvalue weighted by Crippen LogP contribution is 2.24. The maximum absolute atomic E-state index is 5.66. The lowest BCUT2D eigenvalue weighted by molar-refractivity contribution is 1.13. The van der Waals surface area contributed by atoms with E-state index in [1.165, 1.54) is 5.56 Å². The molecule has 0 amide bonds. The zero-order valence-electron chi connectivity index (χ0n) is 6.35. The molecule has 60 valence electrons. The van der Waals surface area contributed by atoms with Crippen molar-refractivity contribution in [2.45, 2.75) is 18.2 Å². The molecule has 0 spiro atoms. The van der Waals surface area contributed by atoms with Gasteiger partial charge < -0.3 is 0 Å². The number of rotatable bonds is 2. The molecular formula is C9H10Cl2. The van der Waals surface area contributed by atoms with Crippen molar-refractivity contribution in [3.8, 4) is 0 Å². The minimum Gasteiger partial charge on any atom is -0.100 e. The van der Waals surface area contributed by atoms with Gasteiger partial charge >= 0.3 is 0 Å². The zero-order chi connectivity index (χ0) is 8.27. The smallest absolute Gasteiger partial charge is 0.100 e. The molecule has 0 heterocycles. The van der Waals surface area contributed by atoms with Crippen LogP contribution in [0.15, 0.2) is 24.3 Å². The number of benzene rings is 1. The molecule has 1 aromatic rings. The van der Waals surface area contributed by atoms with E-state index in [9.17, 15) is 0 Å². The van der Waals surface area contributed by atoms with Crippen LogP contribution in [0.3, 0.4) is 0 Å². The Morgan fingerprint density at radius 3 is 2.09 bits per heavy atom. The van der Waals surface area contributed by atoms with Gasteiger partial charge in [-0.15, -0.1) is 23.2 Å². The van der Waals surface area contributed by atoms with E-state index in [1.54, 1.807) is 0 Å². The number of hydrogen-bond acceptors (Lipinski definition) is 0. The van der Waals surface area contributed by atoms with Gasteiger partial charge in [-0.1, -0.05) is 31.2 Å². The van der Waals surface area contributed by atoms with Crippen LogP contribution in [0.1, 0.15) is 22.9 Å². The monoisotopic (exact) mass is 188 g/mol. The Balaban J connectivity index is 2.83. The summed E-state index contributed by atoms with van der Waals surface area (Å²) >= 11 is 11.3. The van der Waals surface area contributed by atoms with E-state index in [4.69, 9.17) is 23.2 Å². The van der Waals surface area contributed by atoms with Crippen LogP contribution in [0.4, 0.5) is 0 Å². The molecule has 0 fully saturated rings. The molecule has 0 aliphatic heterocycles. The molecule has 0 atom stereocenters. The van der Waals surface area contributed by atoms with Crippen molar-refractivity contribution in [1.82, 2.24) is 0 Å². The summed E-state index contributed by atoms with van der Waals surface area (Å²) in [6.45, 7) is 2.12. The van der Waals surface area contributed by atoms with E-state index in [-0.39, 0.29) is 0 Å². The summed E-state index contributed by atoms with van der Waals surface area (Å²) in [5, 5.41) is 0. The first-order valence-electron chi connectivity index (χ1n) is 3.61. The highest BCUT2D eigenvalue weighted by atomic mass is 35.5. The van der Waals surface area contributed by atoms with Crippen molar-refractivity contribution in [3.63, 3.8) is 0 Å². The molecule has 0 saturated carbocycles.